The van der Waals surface area contributed by atoms with E-state index in [1.165, 1.54) is 51.5 Å². The van der Waals surface area contributed by atoms with Crippen LogP contribution in [-0.4, -0.2) is 47.3 Å². The van der Waals surface area contributed by atoms with Crippen LogP contribution in [0.5, 0.6) is 0 Å². The highest BCUT2D eigenvalue weighted by Crippen LogP contribution is 2.35. The average Bonchev–Trinajstić information content (AvgIpc) is 2.46. The van der Waals surface area contributed by atoms with Crippen LogP contribution in [0.1, 0.15) is 65.2 Å². The Bertz CT molecular complexity index is 327. The van der Waals surface area contributed by atoms with E-state index in [2.05, 4.69) is 17.1 Å². The summed E-state index contributed by atoms with van der Waals surface area (Å²) >= 11 is 0. The minimum atomic E-state index is -0.168. The molecule has 1 saturated heterocycles. The Labute approximate surface area is 130 Å². The maximum absolute atomic E-state index is 10.1. The van der Waals surface area contributed by atoms with E-state index in [0.717, 1.165) is 31.0 Å². The first kappa shape index (κ1) is 15.8. The average molecular weight is 294 g/mol. The summed E-state index contributed by atoms with van der Waals surface area (Å²) in [5, 5.41) is 14.0. The van der Waals surface area contributed by atoms with Crippen molar-refractivity contribution in [1.29, 1.82) is 0 Å². The number of hydrogen-bond donors (Lipinski definition) is 2. The van der Waals surface area contributed by atoms with Crippen molar-refractivity contribution in [2.24, 2.45) is 11.8 Å². The molecule has 2 saturated carbocycles. The van der Waals surface area contributed by atoms with Crippen LogP contribution < -0.4 is 5.32 Å². The maximum Gasteiger partial charge on any atom is 0.0553 e. The summed E-state index contributed by atoms with van der Waals surface area (Å²) in [7, 11) is 0. The molecule has 0 aromatic carbocycles. The predicted molar refractivity (Wildman–Crippen MR) is 87.3 cm³/mol. The number of aliphatic hydroxyl groups excluding tert-OH is 1. The molecule has 0 spiro atoms. The number of piperidine rings is 1. The standard InChI is InChI=1S/C18H34N2O/c1-13-8-9-18(13)20-11-15(14(2)21)10-17(12-20)19-16-6-4-3-5-7-16/h13-19,21H,3-12H2,1-2H3. The van der Waals surface area contributed by atoms with Crippen molar-refractivity contribution in [2.75, 3.05) is 13.1 Å². The van der Waals surface area contributed by atoms with Gasteiger partial charge in [0.15, 0.2) is 0 Å². The number of nitrogens with zero attached hydrogens (tertiary/aromatic N) is 1. The van der Waals surface area contributed by atoms with Gasteiger partial charge in [0.05, 0.1) is 6.10 Å². The second-order valence-corrected chi connectivity index (χ2v) is 8.01. The summed E-state index contributed by atoms with van der Waals surface area (Å²) in [6.45, 7) is 6.68. The van der Waals surface area contributed by atoms with E-state index in [1.807, 2.05) is 6.92 Å². The van der Waals surface area contributed by atoms with E-state index in [-0.39, 0.29) is 6.10 Å². The van der Waals surface area contributed by atoms with Gasteiger partial charge < -0.3 is 10.4 Å². The molecule has 3 fully saturated rings. The van der Waals surface area contributed by atoms with E-state index >= 15 is 0 Å². The summed E-state index contributed by atoms with van der Waals surface area (Å²) in [6, 6.07) is 2.11. The molecular weight excluding hydrogens is 260 g/mol. The van der Waals surface area contributed by atoms with Gasteiger partial charge in [-0.2, -0.15) is 0 Å². The highest BCUT2D eigenvalue weighted by Gasteiger charge is 2.39. The van der Waals surface area contributed by atoms with Gasteiger partial charge in [-0.05, 0) is 50.9 Å². The number of likely N-dealkylation sites (tertiary alicyclic amines) is 1. The molecule has 3 aliphatic rings. The first-order valence-corrected chi connectivity index (χ1v) is 9.31. The molecule has 3 rings (SSSR count). The van der Waals surface area contributed by atoms with E-state index in [4.69, 9.17) is 0 Å². The predicted octanol–water partition coefficient (Wildman–Crippen LogP) is 2.78. The zero-order valence-corrected chi connectivity index (χ0v) is 13.9. The smallest absolute Gasteiger partial charge is 0.0553 e. The normalized spacial score (nSPS) is 40.7. The maximum atomic E-state index is 10.1. The molecule has 0 radical (unpaired) electrons. The Morgan fingerprint density at radius 3 is 2.33 bits per heavy atom. The first-order chi connectivity index (χ1) is 10.1. The van der Waals surface area contributed by atoms with Gasteiger partial charge in [-0.1, -0.05) is 26.2 Å². The minimum absolute atomic E-state index is 0.168. The third kappa shape index (κ3) is 3.80. The molecule has 0 aromatic heterocycles. The Morgan fingerprint density at radius 2 is 1.76 bits per heavy atom. The molecule has 3 heteroatoms. The van der Waals surface area contributed by atoms with Gasteiger partial charge in [0.25, 0.3) is 0 Å². The lowest BCUT2D eigenvalue weighted by Crippen LogP contribution is -2.59. The Balaban J connectivity index is 1.59. The van der Waals surface area contributed by atoms with Crippen molar-refractivity contribution < 1.29 is 5.11 Å². The molecule has 5 unspecified atom stereocenters. The van der Waals surface area contributed by atoms with Gasteiger partial charge in [0.1, 0.15) is 0 Å². The largest absolute Gasteiger partial charge is 0.393 e. The molecule has 122 valence electrons. The van der Waals surface area contributed by atoms with Crippen molar-refractivity contribution in [3.63, 3.8) is 0 Å². The van der Waals surface area contributed by atoms with Crippen LogP contribution in [0.15, 0.2) is 0 Å². The molecule has 0 bridgehead atoms. The Kier molecular flexibility index (Phi) is 5.23. The molecule has 2 aliphatic carbocycles. The lowest BCUT2D eigenvalue weighted by atomic mass is 9.77. The highest BCUT2D eigenvalue weighted by molar-refractivity contribution is 4.94. The van der Waals surface area contributed by atoms with Crippen LogP contribution in [0, 0.1) is 11.8 Å². The van der Waals surface area contributed by atoms with Gasteiger partial charge in [-0.15, -0.1) is 0 Å². The molecule has 1 aliphatic heterocycles. The quantitative estimate of drug-likeness (QED) is 0.837. The summed E-state index contributed by atoms with van der Waals surface area (Å²) < 4.78 is 0. The fraction of sp³-hybridized carbons (Fsp3) is 1.00. The second kappa shape index (κ2) is 6.97. The number of rotatable bonds is 4. The zero-order chi connectivity index (χ0) is 14.8. The van der Waals surface area contributed by atoms with Gasteiger partial charge >= 0.3 is 0 Å². The molecule has 3 nitrogen and oxygen atoms in total. The van der Waals surface area contributed by atoms with Gasteiger partial charge in [-0.25, -0.2) is 0 Å². The second-order valence-electron chi connectivity index (χ2n) is 8.01. The molecular formula is C18H34N2O. The van der Waals surface area contributed by atoms with Crippen molar-refractivity contribution in [2.45, 2.75) is 89.4 Å². The SMILES string of the molecule is CC(O)C1CC(NC2CCCCC2)CN(C2CCC2C)C1. The summed E-state index contributed by atoms with van der Waals surface area (Å²) in [5.74, 6) is 1.31. The molecule has 0 aromatic rings. The van der Waals surface area contributed by atoms with E-state index in [9.17, 15) is 5.11 Å². The van der Waals surface area contributed by atoms with Crippen molar-refractivity contribution in [3.8, 4) is 0 Å². The first-order valence-electron chi connectivity index (χ1n) is 9.31. The lowest BCUT2D eigenvalue weighted by molar-refractivity contribution is -0.0125. The van der Waals surface area contributed by atoms with Gasteiger partial charge in [0, 0.05) is 31.2 Å². The van der Waals surface area contributed by atoms with Crippen LogP contribution in [0.3, 0.4) is 0 Å². The fourth-order valence-electron chi connectivity index (χ4n) is 4.71. The summed E-state index contributed by atoms with van der Waals surface area (Å²) in [6.07, 6.45) is 10.7. The van der Waals surface area contributed by atoms with E-state index in [0.29, 0.717) is 12.0 Å². The van der Waals surface area contributed by atoms with E-state index in [1.54, 1.807) is 0 Å². The van der Waals surface area contributed by atoms with Crippen molar-refractivity contribution >= 4 is 0 Å². The van der Waals surface area contributed by atoms with Crippen molar-refractivity contribution in [3.05, 3.63) is 0 Å². The van der Waals surface area contributed by atoms with Crippen molar-refractivity contribution in [1.82, 2.24) is 10.2 Å². The lowest BCUT2D eigenvalue weighted by Gasteiger charge is -2.49. The van der Waals surface area contributed by atoms with Gasteiger partial charge in [-0.3, -0.25) is 4.90 Å². The van der Waals surface area contributed by atoms with Crippen LogP contribution in [0.4, 0.5) is 0 Å². The monoisotopic (exact) mass is 294 g/mol. The fourth-order valence-corrected chi connectivity index (χ4v) is 4.71. The van der Waals surface area contributed by atoms with Gasteiger partial charge in [0.2, 0.25) is 0 Å². The molecule has 0 amide bonds. The molecule has 21 heavy (non-hydrogen) atoms. The zero-order valence-electron chi connectivity index (χ0n) is 13.9. The van der Waals surface area contributed by atoms with Crippen LogP contribution >= 0.6 is 0 Å². The van der Waals surface area contributed by atoms with Crippen LogP contribution in [0.2, 0.25) is 0 Å². The van der Waals surface area contributed by atoms with Crippen LogP contribution in [-0.2, 0) is 0 Å². The number of nitrogens with one attached hydrogen (secondary N) is 1. The number of aliphatic hydroxyl groups is 1. The van der Waals surface area contributed by atoms with Crippen LogP contribution in [0.25, 0.3) is 0 Å². The summed E-state index contributed by atoms with van der Waals surface area (Å²) in [4.78, 5) is 2.69. The highest BCUT2D eigenvalue weighted by atomic mass is 16.3. The topological polar surface area (TPSA) is 35.5 Å². The third-order valence-electron chi connectivity index (χ3n) is 6.31. The van der Waals surface area contributed by atoms with E-state index < -0.39 is 0 Å². The number of hydrogen-bond acceptors (Lipinski definition) is 3. The minimum Gasteiger partial charge on any atom is -0.393 e. The molecule has 5 atom stereocenters. The Morgan fingerprint density at radius 1 is 1.00 bits per heavy atom. The summed E-state index contributed by atoms with van der Waals surface area (Å²) in [5.41, 5.74) is 0. The Hall–Kier alpha value is -0.120. The third-order valence-corrected chi connectivity index (χ3v) is 6.31. The molecule has 1 heterocycles. The molecule has 2 N–H and O–H groups in total.